The highest BCUT2D eigenvalue weighted by Crippen LogP contribution is 2.49. The molecule has 5 rings (SSSR count). The second-order valence-corrected chi connectivity index (χ2v) is 11.6. The number of ether oxygens (including phenoxy) is 1. The Morgan fingerprint density at radius 3 is 2.19 bits per heavy atom. The third kappa shape index (κ3) is 4.09. The Kier molecular flexibility index (Phi) is 6.09. The Morgan fingerprint density at radius 1 is 0.838 bits per heavy atom. The van der Waals surface area contributed by atoms with Gasteiger partial charge in [0.25, 0.3) is 0 Å². The molecule has 5 heteroatoms. The first kappa shape index (κ1) is 25.3. The Bertz CT molecular complexity index is 1390. The number of aromatic hydroxyl groups is 3. The van der Waals surface area contributed by atoms with Crippen molar-refractivity contribution in [2.24, 2.45) is 0 Å². The molecule has 0 bridgehead atoms. The number of hydrogen-bond donors (Lipinski definition) is 3. The van der Waals surface area contributed by atoms with Crippen LogP contribution in [0.5, 0.6) is 23.0 Å². The monoisotopic (exact) mass is 501 g/mol. The topological polar surface area (TPSA) is 73.2 Å². The van der Waals surface area contributed by atoms with Crippen LogP contribution < -0.4 is 9.64 Å². The lowest BCUT2D eigenvalue weighted by atomic mass is 9.82. The van der Waals surface area contributed by atoms with Crippen molar-refractivity contribution in [1.29, 1.82) is 0 Å². The van der Waals surface area contributed by atoms with Crippen molar-refractivity contribution in [2.75, 3.05) is 4.90 Å². The molecule has 1 unspecified atom stereocenters. The molecule has 1 atom stereocenters. The van der Waals surface area contributed by atoms with Crippen molar-refractivity contribution in [3.05, 3.63) is 68.8 Å². The molecular formula is C32H39NO4. The van der Waals surface area contributed by atoms with E-state index in [9.17, 15) is 15.3 Å². The van der Waals surface area contributed by atoms with E-state index in [-0.39, 0.29) is 17.4 Å². The number of hydrogen-bond acceptors (Lipinski definition) is 5. The molecule has 0 saturated heterocycles. The van der Waals surface area contributed by atoms with E-state index < -0.39 is 0 Å². The van der Waals surface area contributed by atoms with Gasteiger partial charge < -0.3 is 25.0 Å². The Morgan fingerprint density at radius 2 is 1.51 bits per heavy atom. The number of fused-ring (bicyclic) bond motifs is 2. The van der Waals surface area contributed by atoms with Crippen molar-refractivity contribution in [3.8, 4) is 23.0 Å². The molecule has 5 nitrogen and oxygen atoms in total. The van der Waals surface area contributed by atoms with Gasteiger partial charge in [-0.15, -0.1) is 0 Å². The molecule has 0 fully saturated rings. The van der Waals surface area contributed by atoms with E-state index in [0.717, 1.165) is 87.3 Å². The quantitative estimate of drug-likeness (QED) is 0.354. The van der Waals surface area contributed by atoms with Gasteiger partial charge in [0.1, 0.15) is 28.6 Å². The third-order valence-electron chi connectivity index (χ3n) is 8.70. The van der Waals surface area contributed by atoms with Crippen LogP contribution in [0.15, 0.2) is 24.3 Å². The summed E-state index contributed by atoms with van der Waals surface area (Å²) in [6.07, 6.45) is 4.05. The minimum atomic E-state index is -0.284. The second-order valence-electron chi connectivity index (χ2n) is 11.6. The van der Waals surface area contributed by atoms with Gasteiger partial charge in [0, 0.05) is 40.5 Å². The normalized spacial score (nSPS) is 18.2. The predicted octanol–water partition coefficient (Wildman–Crippen LogP) is 7.20. The summed E-state index contributed by atoms with van der Waals surface area (Å²) in [5.74, 6) is 1.78. The fourth-order valence-electron chi connectivity index (χ4n) is 6.24. The van der Waals surface area contributed by atoms with Crippen LogP contribution in [0.3, 0.4) is 0 Å². The molecule has 0 aromatic heterocycles. The minimum absolute atomic E-state index is 0.246. The number of phenolic OH excluding ortho intramolecular Hbond substituents is 3. The number of benzene rings is 3. The summed E-state index contributed by atoms with van der Waals surface area (Å²) in [6, 6.07) is 7.63. The van der Waals surface area contributed by atoms with Crippen molar-refractivity contribution in [3.63, 3.8) is 0 Å². The molecule has 3 aromatic carbocycles. The largest absolute Gasteiger partial charge is 0.508 e. The fourth-order valence-corrected chi connectivity index (χ4v) is 6.24. The molecule has 196 valence electrons. The van der Waals surface area contributed by atoms with Crippen LogP contribution in [-0.2, 0) is 19.3 Å². The highest BCUT2D eigenvalue weighted by Gasteiger charge is 2.35. The van der Waals surface area contributed by atoms with E-state index in [1.807, 2.05) is 32.9 Å². The lowest BCUT2D eigenvalue weighted by molar-refractivity contribution is 0.0828. The van der Waals surface area contributed by atoms with Gasteiger partial charge in [0.2, 0.25) is 0 Å². The molecule has 0 aliphatic carbocycles. The van der Waals surface area contributed by atoms with E-state index in [4.69, 9.17) is 4.74 Å². The molecule has 0 amide bonds. The van der Waals surface area contributed by atoms with Crippen LogP contribution >= 0.6 is 0 Å². The van der Waals surface area contributed by atoms with Crippen LogP contribution in [0.4, 0.5) is 11.4 Å². The summed E-state index contributed by atoms with van der Waals surface area (Å²) >= 11 is 0. The Hall–Kier alpha value is -3.34. The van der Waals surface area contributed by atoms with E-state index >= 15 is 0 Å². The van der Waals surface area contributed by atoms with Gasteiger partial charge in [-0.25, -0.2) is 0 Å². The van der Waals surface area contributed by atoms with Gasteiger partial charge in [0.05, 0.1) is 0 Å². The van der Waals surface area contributed by atoms with E-state index in [0.29, 0.717) is 17.9 Å². The molecule has 3 aromatic rings. The van der Waals surface area contributed by atoms with Crippen LogP contribution in [-0.4, -0.2) is 27.0 Å². The molecule has 37 heavy (non-hydrogen) atoms. The van der Waals surface area contributed by atoms with Crippen LogP contribution in [0.2, 0.25) is 0 Å². The molecule has 2 aliphatic rings. The van der Waals surface area contributed by atoms with E-state index in [1.165, 1.54) is 0 Å². The fraction of sp³-hybridized carbons (Fsp3) is 0.438. The number of rotatable bonds is 3. The van der Waals surface area contributed by atoms with Gasteiger partial charge in [-0.05, 0) is 126 Å². The number of anilines is 2. The first-order valence-electron chi connectivity index (χ1n) is 13.4. The SMILES string of the molecule is Cc1c(C)c2c(c(Cc3c(C)c(O)c(C)c4c3OC(C)(C)CC4)c1O)CCC(C)N2c1ccc(O)cc1. The summed E-state index contributed by atoms with van der Waals surface area (Å²) in [5, 5.41) is 32.5. The summed E-state index contributed by atoms with van der Waals surface area (Å²) in [5.41, 5.74) is 9.63. The van der Waals surface area contributed by atoms with Gasteiger partial charge >= 0.3 is 0 Å². The molecular weight excluding hydrogens is 462 g/mol. The van der Waals surface area contributed by atoms with Crippen molar-refractivity contribution in [1.82, 2.24) is 0 Å². The van der Waals surface area contributed by atoms with E-state index in [2.05, 4.69) is 32.6 Å². The van der Waals surface area contributed by atoms with Crippen LogP contribution in [0, 0.1) is 27.7 Å². The zero-order valence-corrected chi connectivity index (χ0v) is 23.1. The average molecular weight is 502 g/mol. The van der Waals surface area contributed by atoms with Crippen molar-refractivity contribution >= 4 is 11.4 Å². The molecule has 0 saturated carbocycles. The first-order valence-corrected chi connectivity index (χ1v) is 13.4. The molecule has 0 spiro atoms. The maximum absolute atomic E-state index is 11.5. The van der Waals surface area contributed by atoms with Crippen LogP contribution in [0.25, 0.3) is 0 Å². The molecule has 0 radical (unpaired) electrons. The Balaban J connectivity index is 1.72. The van der Waals surface area contributed by atoms with Crippen molar-refractivity contribution in [2.45, 2.75) is 92.2 Å². The summed E-state index contributed by atoms with van der Waals surface area (Å²) in [4.78, 5) is 2.35. The first-order chi connectivity index (χ1) is 17.4. The third-order valence-corrected chi connectivity index (χ3v) is 8.70. The standard InChI is InChI=1S/C32H39NO4/c1-17-8-13-25-27(16-26-21(5)29(35)20(4)24-14-15-32(6,7)37-31(24)26)30(36)19(3)18(2)28(25)33(17)22-9-11-23(34)12-10-22/h9-12,17,34-36H,8,13-16H2,1-7H3. The van der Waals surface area contributed by atoms with Gasteiger partial charge in [-0.1, -0.05) is 0 Å². The summed E-state index contributed by atoms with van der Waals surface area (Å²) in [7, 11) is 0. The lowest BCUT2D eigenvalue weighted by Crippen LogP contribution is -2.35. The number of nitrogens with zero attached hydrogens (tertiary/aromatic N) is 1. The zero-order chi connectivity index (χ0) is 26.8. The van der Waals surface area contributed by atoms with Crippen LogP contribution in [0.1, 0.15) is 78.1 Å². The highest BCUT2D eigenvalue weighted by molar-refractivity contribution is 5.77. The van der Waals surface area contributed by atoms with Crippen molar-refractivity contribution < 1.29 is 20.1 Å². The molecule has 2 aliphatic heterocycles. The van der Waals surface area contributed by atoms with Gasteiger partial charge in [0.15, 0.2) is 0 Å². The highest BCUT2D eigenvalue weighted by atomic mass is 16.5. The maximum atomic E-state index is 11.5. The smallest absolute Gasteiger partial charge is 0.127 e. The predicted molar refractivity (Wildman–Crippen MR) is 149 cm³/mol. The molecule has 3 N–H and O–H groups in total. The van der Waals surface area contributed by atoms with Gasteiger partial charge in [-0.2, -0.15) is 0 Å². The maximum Gasteiger partial charge on any atom is 0.127 e. The number of phenols is 3. The summed E-state index contributed by atoms with van der Waals surface area (Å²) < 4.78 is 6.57. The van der Waals surface area contributed by atoms with E-state index in [1.54, 1.807) is 12.1 Å². The average Bonchev–Trinajstić information content (AvgIpc) is 2.86. The zero-order valence-electron chi connectivity index (χ0n) is 23.1. The summed E-state index contributed by atoms with van der Waals surface area (Å²) in [6.45, 7) is 14.5. The second kappa shape index (κ2) is 8.90. The minimum Gasteiger partial charge on any atom is -0.508 e. The Labute approximate surface area is 220 Å². The lowest BCUT2D eigenvalue weighted by Gasteiger charge is -2.40. The molecule has 2 heterocycles. The van der Waals surface area contributed by atoms with Gasteiger partial charge in [-0.3, -0.25) is 0 Å².